The molecule has 214 valence electrons. The van der Waals surface area contributed by atoms with Gasteiger partial charge in [0.05, 0.1) is 10.5 Å². The summed E-state index contributed by atoms with van der Waals surface area (Å²) in [7, 11) is -4.37. The van der Waals surface area contributed by atoms with E-state index in [1.165, 1.54) is 19.1 Å². The average molecular weight is 564 g/mol. The number of hydrogen-bond acceptors (Lipinski definition) is 5. The second-order valence-corrected chi connectivity index (χ2v) is 13.5. The maximum absolute atomic E-state index is 15.0. The molecule has 0 fully saturated rings. The molecule has 3 aromatic rings. The summed E-state index contributed by atoms with van der Waals surface area (Å²) in [5.74, 6) is -1.97. The molecule has 2 atom stereocenters. The second kappa shape index (κ2) is 12.0. The number of esters is 1. The van der Waals surface area contributed by atoms with E-state index in [0.717, 1.165) is 11.1 Å². The van der Waals surface area contributed by atoms with Gasteiger partial charge in [-0.1, -0.05) is 102 Å². The van der Waals surface area contributed by atoms with Crippen molar-refractivity contribution in [2.24, 2.45) is 5.73 Å². The van der Waals surface area contributed by atoms with Crippen molar-refractivity contribution in [2.75, 3.05) is 0 Å². The first-order valence-corrected chi connectivity index (χ1v) is 15.2. The molecule has 0 radical (unpaired) electrons. The Kier molecular flexibility index (Phi) is 9.30. The zero-order chi connectivity index (χ0) is 30.0. The molecule has 40 heavy (non-hydrogen) atoms. The molecule has 0 spiro atoms. The van der Waals surface area contributed by atoms with Crippen LogP contribution in [0, 0.1) is 6.92 Å². The number of aryl methyl sites for hydroxylation is 1. The van der Waals surface area contributed by atoms with Gasteiger partial charge in [-0.25, -0.2) is 13.2 Å². The zero-order valence-corrected chi connectivity index (χ0v) is 25.5. The number of ether oxygens (including phenoxy) is 1. The van der Waals surface area contributed by atoms with Crippen LogP contribution < -0.4 is 5.73 Å². The van der Waals surface area contributed by atoms with Crippen LogP contribution in [0.15, 0.2) is 71.6 Å². The molecule has 0 bridgehead atoms. The number of rotatable bonds is 10. The molecule has 0 aromatic heterocycles. The van der Waals surface area contributed by atoms with E-state index in [-0.39, 0.29) is 28.2 Å². The van der Waals surface area contributed by atoms with Crippen LogP contribution in [-0.2, 0) is 19.4 Å². The van der Waals surface area contributed by atoms with Crippen molar-refractivity contribution in [1.82, 2.24) is 0 Å². The Balaban J connectivity index is 2.40. The molecule has 0 unspecified atom stereocenters. The smallest absolute Gasteiger partial charge is 0.339 e. The minimum Gasteiger partial charge on any atom is -0.444 e. The summed E-state index contributed by atoms with van der Waals surface area (Å²) in [5, 5.41) is -1.59. The van der Waals surface area contributed by atoms with Crippen LogP contribution in [0.3, 0.4) is 0 Å². The lowest BCUT2D eigenvalue weighted by Gasteiger charge is -2.36. The second-order valence-electron chi connectivity index (χ2n) is 11.6. The lowest BCUT2D eigenvalue weighted by molar-refractivity contribution is -0.136. The van der Waals surface area contributed by atoms with Gasteiger partial charge in [-0.05, 0) is 66.0 Å². The monoisotopic (exact) mass is 563 g/mol. The molecule has 0 heterocycles. The number of carbonyl (C=O) groups is 2. The Morgan fingerprint density at radius 3 is 1.70 bits per heavy atom. The largest absolute Gasteiger partial charge is 0.444 e. The molecule has 3 rings (SSSR count). The fraction of sp³-hybridized carbons (Fsp3) is 0.394. The highest BCUT2D eigenvalue weighted by molar-refractivity contribution is 7.92. The lowest BCUT2D eigenvalue weighted by Crippen LogP contribution is -2.52. The predicted molar refractivity (Wildman–Crippen MR) is 159 cm³/mol. The molecule has 0 saturated carbocycles. The van der Waals surface area contributed by atoms with Gasteiger partial charge >= 0.3 is 5.97 Å². The summed E-state index contributed by atoms with van der Waals surface area (Å²) >= 11 is 0. The van der Waals surface area contributed by atoms with Crippen molar-refractivity contribution in [2.45, 2.75) is 88.9 Å². The molecule has 0 aliphatic heterocycles. The van der Waals surface area contributed by atoms with Crippen molar-refractivity contribution >= 4 is 21.7 Å². The maximum atomic E-state index is 15.0. The summed E-state index contributed by atoms with van der Waals surface area (Å²) in [6.45, 7) is 15.1. The van der Waals surface area contributed by atoms with Crippen LogP contribution in [0.2, 0.25) is 0 Å². The normalized spacial score (nSPS) is 14.3. The van der Waals surface area contributed by atoms with Gasteiger partial charge in [-0.2, -0.15) is 0 Å². The summed E-state index contributed by atoms with van der Waals surface area (Å²) in [5.41, 5.74) is 7.46. The van der Waals surface area contributed by atoms with E-state index in [1.807, 2.05) is 46.8 Å². The topological polar surface area (TPSA) is 104 Å². The van der Waals surface area contributed by atoms with Crippen molar-refractivity contribution in [3.05, 3.63) is 100 Å². The fourth-order valence-electron chi connectivity index (χ4n) is 4.93. The minimum atomic E-state index is -4.37. The molecule has 0 saturated heterocycles. The average Bonchev–Trinajstić information content (AvgIpc) is 2.89. The number of amides is 1. The standard InChI is InChI=1S/C33H41NO5S/c1-20(2)26-18-27(21(3)4)29(28(19-26)22(5)6)40(37,38)30(24-16-14-23(7)15-17-24)33(8,32(34)36)39-31(35)25-12-10-9-11-13-25/h9-22,30H,1-8H3,(H2,34,36)/t30-,33-/m1/s1. The maximum Gasteiger partial charge on any atom is 0.339 e. The predicted octanol–water partition coefficient (Wildman–Crippen LogP) is 6.98. The quantitative estimate of drug-likeness (QED) is 0.268. The Hall–Kier alpha value is -3.45. The Labute approximate surface area is 238 Å². The number of primary amides is 1. The van der Waals surface area contributed by atoms with Gasteiger partial charge in [-0.3, -0.25) is 4.79 Å². The third-order valence-corrected chi connectivity index (χ3v) is 9.74. The molecule has 0 aliphatic rings. The Morgan fingerprint density at radius 1 is 0.775 bits per heavy atom. The van der Waals surface area contributed by atoms with E-state index in [1.54, 1.807) is 42.5 Å². The van der Waals surface area contributed by atoms with E-state index in [0.29, 0.717) is 16.7 Å². The van der Waals surface area contributed by atoms with E-state index in [4.69, 9.17) is 10.5 Å². The van der Waals surface area contributed by atoms with Crippen LogP contribution in [-0.4, -0.2) is 25.9 Å². The molecular weight excluding hydrogens is 522 g/mol. The molecule has 0 aliphatic carbocycles. The number of benzene rings is 3. The third-order valence-electron chi connectivity index (χ3n) is 7.36. The van der Waals surface area contributed by atoms with E-state index < -0.39 is 32.6 Å². The first-order chi connectivity index (χ1) is 18.6. The van der Waals surface area contributed by atoms with Gasteiger partial charge in [0.25, 0.3) is 5.91 Å². The van der Waals surface area contributed by atoms with Crippen molar-refractivity contribution < 1.29 is 22.7 Å². The summed E-state index contributed by atoms with van der Waals surface area (Å²) in [4.78, 5) is 26.6. The first-order valence-electron chi connectivity index (χ1n) is 13.7. The van der Waals surface area contributed by atoms with E-state index >= 15 is 8.42 Å². The van der Waals surface area contributed by atoms with E-state index in [9.17, 15) is 9.59 Å². The molecule has 6 nitrogen and oxygen atoms in total. The van der Waals surface area contributed by atoms with Crippen LogP contribution in [0.4, 0.5) is 0 Å². The molecule has 1 amide bonds. The fourth-order valence-corrected chi connectivity index (χ4v) is 7.68. The van der Waals surface area contributed by atoms with E-state index in [2.05, 4.69) is 13.8 Å². The molecular formula is C33H41NO5S. The molecule has 2 N–H and O–H groups in total. The van der Waals surface area contributed by atoms with Crippen molar-refractivity contribution in [3.8, 4) is 0 Å². The zero-order valence-electron chi connectivity index (χ0n) is 24.7. The summed E-state index contributed by atoms with van der Waals surface area (Å²) in [6, 6.07) is 18.9. The highest BCUT2D eigenvalue weighted by Gasteiger charge is 2.53. The Morgan fingerprint density at radius 2 is 1.27 bits per heavy atom. The van der Waals surface area contributed by atoms with Crippen molar-refractivity contribution in [1.29, 1.82) is 0 Å². The SMILES string of the molecule is Cc1ccc([C@H]([C@@](C)(OC(=O)c2ccccc2)C(N)=O)S(=O)(=O)c2c(C(C)C)cc(C(C)C)cc2C(C)C)cc1. The van der Waals surface area contributed by atoms with Gasteiger partial charge in [0.15, 0.2) is 9.84 Å². The lowest BCUT2D eigenvalue weighted by atomic mass is 9.89. The molecule has 7 heteroatoms. The highest BCUT2D eigenvalue weighted by Crippen LogP contribution is 2.45. The number of carbonyl (C=O) groups excluding carboxylic acids is 2. The van der Waals surface area contributed by atoms with Gasteiger partial charge in [0.1, 0.15) is 5.25 Å². The minimum absolute atomic E-state index is 0.133. The van der Waals surface area contributed by atoms with Crippen LogP contribution in [0.5, 0.6) is 0 Å². The van der Waals surface area contributed by atoms with Gasteiger partial charge in [0, 0.05) is 0 Å². The highest BCUT2D eigenvalue weighted by atomic mass is 32.2. The third kappa shape index (κ3) is 6.15. The summed E-state index contributed by atoms with van der Waals surface area (Å²) < 4.78 is 35.8. The number of nitrogens with two attached hydrogens (primary N) is 1. The van der Waals surface area contributed by atoms with Gasteiger partial charge in [-0.15, -0.1) is 0 Å². The Bertz CT molecular complexity index is 1450. The summed E-state index contributed by atoms with van der Waals surface area (Å²) in [6.07, 6.45) is 0. The van der Waals surface area contributed by atoms with Gasteiger partial charge < -0.3 is 10.5 Å². The number of sulfone groups is 1. The van der Waals surface area contributed by atoms with Crippen LogP contribution in [0.25, 0.3) is 0 Å². The number of hydrogen-bond donors (Lipinski definition) is 1. The van der Waals surface area contributed by atoms with Crippen molar-refractivity contribution in [3.63, 3.8) is 0 Å². The van der Waals surface area contributed by atoms with Gasteiger partial charge in [0.2, 0.25) is 5.60 Å². The van der Waals surface area contributed by atoms with Crippen LogP contribution in [0.1, 0.15) is 110 Å². The van der Waals surface area contributed by atoms with Crippen LogP contribution >= 0.6 is 0 Å². The first kappa shape index (κ1) is 31.1. The molecule has 3 aromatic carbocycles.